The van der Waals surface area contributed by atoms with Gasteiger partial charge < -0.3 is 14.8 Å². The van der Waals surface area contributed by atoms with Crippen LogP contribution in [0.3, 0.4) is 0 Å². The van der Waals surface area contributed by atoms with Crippen LogP contribution < -0.4 is 14.8 Å². The Kier molecular flexibility index (Phi) is 4.70. The maximum absolute atomic E-state index is 13.3. The predicted molar refractivity (Wildman–Crippen MR) is 100 cm³/mol. The second-order valence-corrected chi connectivity index (χ2v) is 6.87. The summed E-state index contributed by atoms with van der Waals surface area (Å²) in [7, 11) is 0. The van der Waals surface area contributed by atoms with Crippen LogP contribution in [0.2, 0.25) is 0 Å². The summed E-state index contributed by atoms with van der Waals surface area (Å²) in [6.07, 6.45) is 0.262. The molecule has 150 valence electrons. The third kappa shape index (κ3) is 3.20. The largest absolute Gasteiger partial charge is 0.486 e. The van der Waals surface area contributed by atoms with E-state index in [1.165, 1.54) is 24.3 Å². The lowest BCUT2D eigenvalue weighted by atomic mass is 9.87. The molecule has 2 aromatic rings. The molecule has 1 fully saturated rings. The quantitative estimate of drug-likeness (QED) is 0.618. The SMILES string of the molecule is CCC1(c2ccc(F)cc2)NC(=O)N(CC(=O)c2ccc3c(c2)OCCO3)C1=O. The molecule has 0 saturated carbocycles. The number of ketones is 1. The first-order valence-corrected chi connectivity index (χ1v) is 9.27. The van der Waals surface area contributed by atoms with Crippen LogP contribution in [0, 0.1) is 5.82 Å². The molecule has 2 aliphatic heterocycles. The van der Waals surface area contributed by atoms with E-state index >= 15 is 0 Å². The molecule has 0 radical (unpaired) electrons. The Morgan fingerprint density at radius 3 is 2.48 bits per heavy atom. The van der Waals surface area contributed by atoms with Gasteiger partial charge in [-0.2, -0.15) is 0 Å². The van der Waals surface area contributed by atoms with Crippen LogP contribution in [0.5, 0.6) is 11.5 Å². The molecule has 1 N–H and O–H groups in total. The zero-order valence-electron chi connectivity index (χ0n) is 15.7. The molecule has 0 aliphatic carbocycles. The molecule has 7 nitrogen and oxygen atoms in total. The number of rotatable bonds is 5. The zero-order valence-corrected chi connectivity index (χ0v) is 15.7. The molecule has 1 saturated heterocycles. The first-order valence-electron chi connectivity index (χ1n) is 9.27. The Morgan fingerprint density at radius 1 is 1.10 bits per heavy atom. The van der Waals surface area contributed by atoms with Gasteiger partial charge >= 0.3 is 6.03 Å². The van der Waals surface area contributed by atoms with E-state index < -0.39 is 35.6 Å². The summed E-state index contributed by atoms with van der Waals surface area (Å²) in [5.74, 6) is -0.390. The lowest BCUT2D eigenvalue weighted by Crippen LogP contribution is -2.43. The molecule has 1 atom stereocenters. The number of imide groups is 1. The molecular formula is C21H19FN2O5. The fourth-order valence-electron chi connectivity index (χ4n) is 3.60. The third-order valence-electron chi connectivity index (χ3n) is 5.21. The Labute approximate surface area is 166 Å². The van der Waals surface area contributed by atoms with E-state index in [0.29, 0.717) is 35.8 Å². The highest BCUT2D eigenvalue weighted by Crippen LogP contribution is 2.34. The zero-order chi connectivity index (χ0) is 20.6. The topological polar surface area (TPSA) is 84.9 Å². The molecule has 3 amide bonds. The number of Topliss-reactive ketones (excluding diaryl/α,β-unsaturated/α-hetero) is 1. The molecule has 0 aromatic heterocycles. The van der Waals surface area contributed by atoms with Crippen molar-refractivity contribution in [2.45, 2.75) is 18.9 Å². The van der Waals surface area contributed by atoms with Crippen molar-refractivity contribution in [3.05, 3.63) is 59.4 Å². The molecule has 2 aromatic carbocycles. The number of urea groups is 1. The van der Waals surface area contributed by atoms with Crippen molar-refractivity contribution in [3.8, 4) is 11.5 Å². The Balaban J connectivity index is 1.57. The van der Waals surface area contributed by atoms with Crippen LogP contribution in [0.15, 0.2) is 42.5 Å². The van der Waals surface area contributed by atoms with Gasteiger partial charge in [0.05, 0.1) is 6.54 Å². The minimum atomic E-state index is -1.32. The lowest BCUT2D eigenvalue weighted by Gasteiger charge is -2.25. The first kappa shape index (κ1) is 18.9. The number of benzene rings is 2. The van der Waals surface area contributed by atoms with Gasteiger partial charge in [0, 0.05) is 5.56 Å². The van der Waals surface area contributed by atoms with Crippen LogP contribution in [0.1, 0.15) is 29.3 Å². The smallest absolute Gasteiger partial charge is 0.325 e. The van der Waals surface area contributed by atoms with Gasteiger partial charge in [0.1, 0.15) is 24.6 Å². The normalized spacial score (nSPS) is 20.6. The van der Waals surface area contributed by atoms with Crippen molar-refractivity contribution < 1.29 is 28.2 Å². The standard InChI is InChI=1S/C21H19FN2O5/c1-2-21(14-4-6-15(22)7-5-14)19(26)24(20(27)23-21)12-16(25)13-3-8-17-18(11-13)29-10-9-28-17/h3-8,11H,2,9-10,12H2,1H3,(H,23,27). The minimum absolute atomic E-state index is 0.262. The molecule has 4 rings (SSSR count). The van der Waals surface area contributed by atoms with Crippen LogP contribution in [-0.2, 0) is 10.3 Å². The average molecular weight is 398 g/mol. The second kappa shape index (κ2) is 7.20. The van der Waals surface area contributed by atoms with Gasteiger partial charge in [-0.15, -0.1) is 0 Å². The van der Waals surface area contributed by atoms with E-state index in [4.69, 9.17) is 9.47 Å². The maximum Gasteiger partial charge on any atom is 0.325 e. The summed E-state index contributed by atoms with van der Waals surface area (Å²) >= 11 is 0. The summed E-state index contributed by atoms with van der Waals surface area (Å²) in [6.45, 7) is 2.15. The highest BCUT2D eigenvalue weighted by molar-refractivity contribution is 6.11. The second-order valence-electron chi connectivity index (χ2n) is 6.87. The molecule has 8 heteroatoms. The van der Waals surface area contributed by atoms with Crippen LogP contribution >= 0.6 is 0 Å². The molecule has 2 heterocycles. The number of hydrogen-bond donors (Lipinski definition) is 1. The van der Waals surface area contributed by atoms with Crippen molar-refractivity contribution in [2.75, 3.05) is 19.8 Å². The predicted octanol–water partition coefficient (Wildman–Crippen LogP) is 2.64. The summed E-state index contributed by atoms with van der Waals surface area (Å²) in [5, 5.41) is 2.68. The van der Waals surface area contributed by atoms with Gasteiger partial charge in [-0.05, 0) is 42.3 Å². The average Bonchev–Trinajstić information content (AvgIpc) is 2.99. The van der Waals surface area contributed by atoms with E-state index in [1.807, 2.05) is 0 Å². The number of ether oxygens (including phenoxy) is 2. The van der Waals surface area contributed by atoms with Crippen molar-refractivity contribution >= 4 is 17.7 Å². The first-order chi connectivity index (χ1) is 13.9. The number of carbonyl (C=O) groups is 3. The fourth-order valence-corrected chi connectivity index (χ4v) is 3.60. The molecule has 0 spiro atoms. The van der Waals surface area contributed by atoms with E-state index in [9.17, 15) is 18.8 Å². The fraction of sp³-hybridized carbons (Fsp3) is 0.286. The van der Waals surface area contributed by atoms with Gasteiger partial charge in [-0.3, -0.25) is 14.5 Å². The number of nitrogens with one attached hydrogen (secondary N) is 1. The molecule has 1 unspecified atom stereocenters. The minimum Gasteiger partial charge on any atom is -0.486 e. The van der Waals surface area contributed by atoms with E-state index in [1.54, 1.807) is 25.1 Å². The van der Waals surface area contributed by atoms with Gasteiger partial charge in [-0.1, -0.05) is 19.1 Å². The lowest BCUT2D eigenvalue weighted by molar-refractivity contribution is -0.131. The number of amides is 3. The van der Waals surface area contributed by atoms with Crippen molar-refractivity contribution in [1.82, 2.24) is 10.2 Å². The van der Waals surface area contributed by atoms with Crippen molar-refractivity contribution in [3.63, 3.8) is 0 Å². The highest BCUT2D eigenvalue weighted by atomic mass is 19.1. The van der Waals surface area contributed by atoms with E-state index in [-0.39, 0.29) is 6.42 Å². The maximum atomic E-state index is 13.3. The van der Waals surface area contributed by atoms with E-state index in [2.05, 4.69) is 5.32 Å². The van der Waals surface area contributed by atoms with Gasteiger partial charge in [0.25, 0.3) is 5.91 Å². The van der Waals surface area contributed by atoms with Crippen molar-refractivity contribution in [1.29, 1.82) is 0 Å². The summed E-state index contributed by atoms with van der Waals surface area (Å²) in [4.78, 5) is 39.3. The Hall–Kier alpha value is -3.42. The van der Waals surface area contributed by atoms with Crippen LogP contribution in [0.4, 0.5) is 9.18 Å². The summed E-state index contributed by atoms with van der Waals surface area (Å²) in [6, 6.07) is 9.47. The number of nitrogens with zero attached hydrogens (tertiary/aromatic N) is 1. The molecular weight excluding hydrogens is 379 g/mol. The van der Waals surface area contributed by atoms with Gasteiger partial charge in [0.15, 0.2) is 17.3 Å². The Bertz CT molecular complexity index is 991. The highest BCUT2D eigenvalue weighted by Gasteiger charge is 2.51. The summed E-state index contributed by atoms with van der Waals surface area (Å²) in [5.41, 5.74) is -0.544. The number of halogens is 1. The van der Waals surface area contributed by atoms with Crippen LogP contribution in [-0.4, -0.2) is 42.4 Å². The monoisotopic (exact) mass is 398 g/mol. The molecule has 0 bridgehead atoms. The number of fused-ring (bicyclic) bond motifs is 1. The molecule has 29 heavy (non-hydrogen) atoms. The summed E-state index contributed by atoms with van der Waals surface area (Å²) < 4.78 is 24.2. The number of hydrogen-bond acceptors (Lipinski definition) is 5. The number of carbonyl (C=O) groups excluding carboxylic acids is 3. The van der Waals surface area contributed by atoms with Gasteiger partial charge in [-0.25, -0.2) is 9.18 Å². The van der Waals surface area contributed by atoms with Crippen LogP contribution in [0.25, 0.3) is 0 Å². The Morgan fingerprint density at radius 2 is 1.79 bits per heavy atom. The van der Waals surface area contributed by atoms with E-state index in [0.717, 1.165) is 4.90 Å². The third-order valence-corrected chi connectivity index (χ3v) is 5.21. The van der Waals surface area contributed by atoms with Gasteiger partial charge in [0.2, 0.25) is 0 Å². The molecule has 2 aliphatic rings. The van der Waals surface area contributed by atoms with Crippen molar-refractivity contribution in [2.24, 2.45) is 0 Å².